The van der Waals surface area contributed by atoms with Gasteiger partial charge in [-0.25, -0.2) is 4.98 Å². The van der Waals surface area contributed by atoms with Gasteiger partial charge in [0.25, 0.3) is 5.91 Å². The van der Waals surface area contributed by atoms with E-state index in [0.29, 0.717) is 23.5 Å². The summed E-state index contributed by atoms with van der Waals surface area (Å²) in [7, 11) is 1.79. The summed E-state index contributed by atoms with van der Waals surface area (Å²) in [6.07, 6.45) is 4.89. The van der Waals surface area contributed by atoms with Crippen LogP contribution >= 0.6 is 15.9 Å². The predicted molar refractivity (Wildman–Crippen MR) is 80.4 cm³/mol. The molecule has 0 saturated carbocycles. The second kappa shape index (κ2) is 5.90. The van der Waals surface area contributed by atoms with E-state index >= 15 is 0 Å². The standard InChI is InChI=1S/C14H20BrN3O/c1-4-11-6-5-9(2)18(11)14(19)12-7-10(15)8-17-13(12)16-3/h7-9,11H,4-6H2,1-3H3,(H,16,17). The monoisotopic (exact) mass is 325 g/mol. The highest BCUT2D eigenvalue weighted by atomic mass is 79.9. The second-order valence-corrected chi connectivity index (χ2v) is 5.92. The van der Waals surface area contributed by atoms with Crippen molar-refractivity contribution in [2.75, 3.05) is 12.4 Å². The third-order valence-electron chi connectivity index (χ3n) is 3.81. The number of hydrogen-bond acceptors (Lipinski definition) is 3. The maximum absolute atomic E-state index is 12.8. The molecule has 2 unspecified atom stereocenters. The first kappa shape index (κ1) is 14.3. The zero-order valence-corrected chi connectivity index (χ0v) is 13.2. The smallest absolute Gasteiger partial charge is 0.258 e. The van der Waals surface area contributed by atoms with Gasteiger partial charge in [0.05, 0.1) is 5.56 Å². The van der Waals surface area contributed by atoms with Gasteiger partial charge >= 0.3 is 0 Å². The average molecular weight is 326 g/mol. The number of carbonyl (C=O) groups excluding carboxylic acids is 1. The van der Waals surface area contributed by atoms with Crippen molar-refractivity contribution >= 4 is 27.7 Å². The largest absolute Gasteiger partial charge is 0.372 e. The Hall–Kier alpha value is -1.10. The van der Waals surface area contributed by atoms with Crippen molar-refractivity contribution in [3.8, 4) is 0 Å². The predicted octanol–water partition coefficient (Wildman–Crippen LogP) is 3.29. The van der Waals surface area contributed by atoms with E-state index in [4.69, 9.17) is 0 Å². The summed E-state index contributed by atoms with van der Waals surface area (Å²) in [6.45, 7) is 4.26. The summed E-state index contributed by atoms with van der Waals surface area (Å²) in [4.78, 5) is 19.1. The molecule has 0 bridgehead atoms. The Labute approximate surface area is 122 Å². The van der Waals surface area contributed by atoms with Crippen LogP contribution in [0.3, 0.4) is 0 Å². The fourth-order valence-electron chi connectivity index (χ4n) is 2.78. The number of aromatic nitrogens is 1. The molecule has 2 atom stereocenters. The van der Waals surface area contributed by atoms with E-state index in [0.717, 1.165) is 23.7 Å². The van der Waals surface area contributed by atoms with Gasteiger partial charge < -0.3 is 10.2 Å². The van der Waals surface area contributed by atoms with Gasteiger partial charge in [-0.3, -0.25) is 4.79 Å². The molecule has 0 radical (unpaired) electrons. The fraction of sp³-hybridized carbons (Fsp3) is 0.571. The van der Waals surface area contributed by atoms with Crippen LogP contribution in [0.1, 0.15) is 43.5 Å². The van der Waals surface area contributed by atoms with Crippen molar-refractivity contribution in [1.29, 1.82) is 0 Å². The van der Waals surface area contributed by atoms with Crippen LogP contribution in [0.4, 0.5) is 5.82 Å². The molecule has 1 N–H and O–H groups in total. The molecule has 4 nitrogen and oxygen atoms in total. The van der Waals surface area contributed by atoms with Crippen molar-refractivity contribution in [2.24, 2.45) is 0 Å². The average Bonchev–Trinajstić information content (AvgIpc) is 2.79. The van der Waals surface area contributed by atoms with Gasteiger partial charge in [-0.2, -0.15) is 0 Å². The number of anilines is 1. The minimum atomic E-state index is 0.0787. The molecule has 1 amide bonds. The van der Waals surface area contributed by atoms with Crippen molar-refractivity contribution in [1.82, 2.24) is 9.88 Å². The maximum Gasteiger partial charge on any atom is 0.258 e. The zero-order chi connectivity index (χ0) is 14.0. The lowest BCUT2D eigenvalue weighted by molar-refractivity contribution is 0.0677. The summed E-state index contributed by atoms with van der Waals surface area (Å²) < 4.78 is 0.828. The van der Waals surface area contributed by atoms with Crippen LogP contribution in [-0.4, -0.2) is 34.9 Å². The number of carbonyl (C=O) groups is 1. The van der Waals surface area contributed by atoms with Crippen LogP contribution in [0.15, 0.2) is 16.7 Å². The molecule has 2 rings (SSSR count). The molecule has 1 aliphatic rings. The highest BCUT2D eigenvalue weighted by Crippen LogP contribution is 2.30. The lowest BCUT2D eigenvalue weighted by Gasteiger charge is -2.28. The molecule has 1 saturated heterocycles. The highest BCUT2D eigenvalue weighted by molar-refractivity contribution is 9.10. The molecular weight excluding hydrogens is 306 g/mol. The van der Waals surface area contributed by atoms with Crippen LogP contribution in [-0.2, 0) is 0 Å². The van der Waals surface area contributed by atoms with Crippen LogP contribution in [0.25, 0.3) is 0 Å². The topological polar surface area (TPSA) is 45.2 Å². The van der Waals surface area contributed by atoms with E-state index in [9.17, 15) is 4.79 Å². The summed E-state index contributed by atoms with van der Waals surface area (Å²) in [5, 5.41) is 3.00. The molecule has 1 fully saturated rings. The van der Waals surface area contributed by atoms with E-state index in [1.54, 1.807) is 13.2 Å². The van der Waals surface area contributed by atoms with Gasteiger partial charge in [0.15, 0.2) is 0 Å². The first-order chi connectivity index (χ1) is 9.08. The van der Waals surface area contributed by atoms with E-state index in [-0.39, 0.29) is 5.91 Å². The number of rotatable bonds is 3. The Morgan fingerprint density at radius 3 is 2.95 bits per heavy atom. The molecule has 0 spiro atoms. The molecule has 0 aliphatic carbocycles. The quantitative estimate of drug-likeness (QED) is 0.927. The number of amides is 1. The van der Waals surface area contributed by atoms with Crippen molar-refractivity contribution in [3.05, 3.63) is 22.3 Å². The normalized spacial score (nSPS) is 22.6. The Morgan fingerprint density at radius 1 is 1.58 bits per heavy atom. The van der Waals surface area contributed by atoms with E-state index in [2.05, 4.69) is 40.1 Å². The highest BCUT2D eigenvalue weighted by Gasteiger charge is 2.34. The Bertz CT molecular complexity index is 478. The Kier molecular flexibility index (Phi) is 4.45. The SMILES string of the molecule is CCC1CCC(C)N1C(=O)c1cc(Br)cnc1NC. The zero-order valence-electron chi connectivity index (χ0n) is 11.6. The Balaban J connectivity index is 2.35. The summed E-state index contributed by atoms with van der Waals surface area (Å²) >= 11 is 3.39. The molecule has 19 heavy (non-hydrogen) atoms. The minimum absolute atomic E-state index is 0.0787. The molecule has 1 aliphatic heterocycles. The molecule has 1 aromatic rings. The maximum atomic E-state index is 12.8. The van der Waals surface area contributed by atoms with Gasteiger partial charge in [0.1, 0.15) is 5.82 Å². The number of hydrogen-bond donors (Lipinski definition) is 1. The number of nitrogens with one attached hydrogen (secondary N) is 1. The van der Waals surface area contributed by atoms with Gasteiger partial charge in [-0.15, -0.1) is 0 Å². The Morgan fingerprint density at radius 2 is 2.32 bits per heavy atom. The number of likely N-dealkylation sites (tertiary alicyclic amines) is 1. The summed E-state index contributed by atoms with van der Waals surface area (Å²) in [5.41, 5.74) is 0.643. The number of nitrogens with zero attached hydrogens (tertiary/aromatic N) is 2. The first-order valence-corrected chi connectivity index (χ1v) is 7.53. The molecule has 1 aromatic heterocycles. The number of pyridine rings is 1. The van der Waals surface area contributed by atoms with Crippen molar-refractivity contribution in [2.45, 2.75) is 45.2 Å². The van der Waals surface area contributed by atoms with Gasteiger partial charge in [-0.05, 0) is 48.2 Å². The second-order valence-electron chi connectivity index (χ2n) is 5.00. The molecule has 0 aromatic carbocycles. The third kappa shape index (κ3) is 2.76. The van der Waals surface area contributed by atoms with E-state index < -0.39 is 0 Å². The molecule has 2 heterocycles. The molecular formula is C14H20BrN3O. The van der Waals surface area contributed by atoms with Crippen LogP contribution in [0, 0.1) is 0 Å². The summed E-state index contributed by atoms with van der Waals surface area (Å²) in [6, 6.07) is 2.51. The lowest BCUT2D eigenvalue weighted by atomic mass is 10.1. The van der Waals surface area contributed by atoms with Gasteiger partial charge in [0, 0.05) is 29.8 Å². The van der Waals surface area contributed by atoms with Crippen LogP contribution in [0.2, 0.25) is 0 Å². The number of halogens is 1. The molecule has 5 heteroatoms. The molecule has 104 valence electrons. The van der Waals surface area contributed by atoms with Gasteiger partial charge in [0.2, 0.25) is 0 Å². The van der Waals surface area contributed by atoms with Crippen molar-refractivity contribution in [3.63, 3.8) is 0 Å². The minimum Gasteiger partial charge on any atom is -0.372 e. The van der Waals surface area contributed by atoms with E-state index in [1.807, 2.05) is 11.0 Å². The van der Waals surface area contributed by atoms with Gasteiger partial charge in [-0.1, -0.05) is 6.92 Å². The van der Waals surface area contributed by atoms with Crippen LogP contribution in [0.5, 0.6) is 0 Å². The fourth-order valence-corrected chi connectivity index (χ4v) is 3.11. The van der Waals surface area contributed by atoms with Crippen molar-refractivity contribution < 1.29 is 4.79 Å². The first-order valence-electron chi connectivity index (χ1n) is 6.74. The lowest BCUT2D eigenvalue weighted by Crippen LogP contribution is -2.40. The summed E-state index contributed by atoms with van der Waals surface area (Å²) in [5.74, 6) is 0.720. The third-order valence-corrected chi connectivity index (χ3v) is 4.25. The van der Waals surface area contributed by atoms with Crippen LogP contribution < -0.4 is 5.32 Å². The van der Waals surface area contributed by atoms with E-state index in [1.165, 1.54) is 0 Å².